The molecule has 104 valence electrons. The molecule has 1 aromatic carbocycles. The largest absolute Gasteiger partial charge is 0.490 e. The maximum atomic E-state index is 11.6. The van der Waals surface area contributed by atoms with Crippen LogP contribution in [0.1, 0.15) is 56.3 Å². The van der Waals surface area contributed by atoms with Crippen LogP contribution in [0.25, 0.3) is 0 Å². The Morgan fingerprint density at radius 3 is 2.58 bits per heavy atom. The van der Waals surface area contributed by atoms with Gasteiger partial charge in [-0.25, -0.2) is 0 Å². The van der Waals surface area contributed by atoms with Gasteiger partial charge >= 0.3 is 0 Å². The van der Waals surface area contributed by atoms with Crippen molar-refractivity contribution in [2.75, 3.05) is 0 Å². The summed E-state index contributed by atoms with van der Waals surface area (Å²) in [6.07, 6.45) is 6.11. The van der Waals surface area contributed by atoms with E-state index in [1.165, 1.54) is 19.3 Å². The standard InChI is InChI=1S/C16H21ClO2/c1-3-12-4-7-14(8-5-12)19-16-9-6-13(17)10-15(16)11(2)18/h6,9-10,12,14H,3-5,7-8H2,1-2H3. The normalized spacial score (nSPS) is 23.1. The van der Waals surface area contributed by atoms with Gasteiger partial charge in [-0.2, -0.15) is 0 Å². The lowest BCUT2D eigenvalue weighted by molar-refractivity contribution is 0.0994. The zero-order valence-corrected chi connectivity index (χ0v) is 12.4. The Hall–Kier alpha value is -1.02. The summed E-state index contributed by atoms with van der Waals surface area (Å²) in [5, 5.41) is 0.576. The van der Waals surface area contributed by atoms with Gasteiger partial charge in [0.1, 0.15) is 5.75 Å². The molecule has 0 bridgehead atoms. The maximum Gasteiger partial charge on any atom is 0.163 e. The Balaban J connectivity index is 2.05. The van der Waals surface area contributed by atoms with Crippen molar-refractivity contribution in [3.8, 4) is 5.75 Å². The zero-order chi connectivity index (χ0) is 13.8. The molecule has 1 fully saturated rings. The number of rotatable bonds is 4. The maximum absolute atomic E-state index is 11.6. The third-order valence-electron chi connectivity index (χ3n) is 3.99. The second kappa shape index (κ2) is 6.42. The summed E-state index contributed by atoms with van der Waals surface area (Å²) in [5.41, 5.74) is 0.588. The molecule has 0 radical (unpaired) electrons. The lowest BCUT2D eigenvalue weighted by atomic mass is 9.86. The molecule has 0 atom stereocenters. The second-order valence-electron chi connectivity index (χ2n) is 5.37. The van der Waals surface area contributed by atoms with E-state index in [-0.39, 0.29) is 11.9 Å². The van der Waals surface area contributed by atoms with E-state index in [1.807, 2.05) is 6.07 Å². The molecule has 0 N–H and O–H groups in total. The Labute approximate surface area is 120 Å². The minimum Gasteiger partial charge on any atom is -0.490 e. The minimum atomic E-state index is -0.000237. The molecule has 0 aromatic heterocycles. The van der Waals surface area contributed by atoms with Crippen molar-refractivity contribution < 1.29 is 9.53 Å². The van der Waals surface area contributed by atoms with Crippen molar-refractivity contribution in [1.82, 2.24) is 0 Å². The third-order valence-corrected chi connectivity index (χ3v) is 4.22. The predicted octanol–water partition coefficient (Wildman–Crippen LogP) is 4.89. The van der Waals surface area contributed by atoms with Crippen molar-refractivity contribution in [2.24, 2.45) is 5.92 Å². The van der Waals surface area contributed by atoms with Crippen molar-refractivity contribution in [2.45, 2.75) is 52.1 Å². The van der Waals surface area contributed by atoms with Gasteiger partial charge in [0.25, 0.3) is 0 Å². The Morgan fingerprint density at radius 1 is 1.32 bits per heavy atom. The van der Waals surface area contributed by atoms with E-state index < -0.39 is 0 Å². The lowest BCUT2D eigenvalue weighted by Crippen LogP contribution is -2.24. The van der Waals surface area contributed by atoms with Crippen LogP contribution in [-0.4, -0.2) is 11.9 Å². The quantitative estimate of drug-likeness (QED) is 0.734. The smallest absolute Gasteiger partial charge is 0.163 e. The van der Waals surface area contributed by atoms with Gasteiger partial charge in [0, 0.05) is 5.02 Å². The number of hydrogen-bond donors (Lipinski definition) is 0. The average Bonchev–Trinajstić information content (AvgIpc) is 2.41. The van der Waals surface area contributed by atoms with Gasteiger partial charge in [0.05, 0.1) is 11.7 Å². The van der Waals surface area contributed by atoms with Crippen LogP contribution in [0.2, 0.25) is 5.02 Å². The minimum absolute atomic E-state index is 0.000237. The molecule has 1 aromatic rings. The van der Waals surface area contributed by atoms with E-state index in [0.717, 1.165) is 18.8 Å². The van der Waals surface area contributed by atoms with Crippen LogP contribution >= 0.6 is 11.6 Å². The molecule has 0 amide bonds. The highest BCUT2D eigenvalue weighted by atomic mass is 35.5. The van der Waals surface area contributed by atoms with Gasteiger partial charge in [-0.05, 0) is 56.7 Å². The molecule has 0 saturated heterocycles. The molecule has 19 heavy (non-hydrogen) atoms. The van der Waals surface area contributed by atoms with Crippen molar-refractivity contribution in [1.29, 1.82) is 0 Å². The molecule has 0 spiro atoms. The fraction of sp³-hybridized carbons (Fsp3) is 0.562. The van der Waals surface area contributed by atoms with Crippen LogP contribution in [0.15, 0.2) is 18.2 Å². The fourth-order valence-electron chi connectivity index (χ4n) is 2.72. The van der Waals surface area contributed by atoms with Gasteiger partial charge in [-0.3, -0.25) is 4.79 Å². The second-order valence-corrected chi connectivity index (χ2v) is 5.80. The van der Waals surface area contributed by atoms with E-state index in [2.05, 4.69) is 6.92 Å². The summed E-state index contributed by atoms with van der Waals surface area (Å²) in [6, 6.07) is 5.28. The number of ketones is 1. The topological polar surface area (TPSA) is 26.3 Å². The molecule has 0 unspecified atom stereocenters. The molecule has 1 aliphatic carbocycles. The first-order chi connectivity index (χ1) is 9.10. The predicted molar refractivity (Wildman–Crippen MR) is 78.1 cm³/mol. The Bertz CT molecular complexity index is 448. The fourth-order valence-corrected chi connectivity index (χ4v) is 2.89. The zero-order valence-electron chi connectivity index (χ0n) is 11.6. The van der Waals surface area contributed by atoms with Gasteiger partial charge in [0.15, 0.2) is 5.78 Å². The molecule has 2 nitrogen and oxygen atoms in total. The van der Waals surface area contributed by atoms with Gasteiger partial charge in [0.2, 0.25) is 0 Å². The molecule has 2 rings (SSSR count). The summed E-state index contributed by atoms with van der Waals surface area (Å²) in [4.78, 5) is 11.6. The number of hydrogen-bond acceptors (Lipinski definition) is 2. The van der Waals surface area contributed by atoms with Crippen LogP contribution < -0.4 is 4.74 Å². The van der Waals surface area contributed by atoms with Crippen LogP contribution in [0.5, 0.6) is 5.75 Å². The molecule has 1 saturated carbocycles. The van der Waals surface area contributed by atoms with Crippen molar-refractivity contribution >= 4 is 17.4 Å². The highest BCUT2D eigenvalue weighted by molar-refractivity contribution is 6.31. The SMILES string of the molecule is CCC1CCC(Oc2ccc(Cl)cc2C(C)=O)CC1. The molecule has 0 aliphatic heterocycles. The molecule has 3 heteroatoms. The van der Waals surface area contributed by atoms with E-state index >= 15 is 0 Å². The highest BCUT2D eigenvalue weighted by Gasteiger charge is 2.22. The van der Waals surface area contributed by atoms with E-state index in [1.54, 1.807) is 19.1 Å². The first-order valence-corrected chi connectivity index (χ1v) is 7.45. The Morgan fingerprint density at radius 2 is 2.00 bits per heavy atom. The number of ether oxygens (including phenoxy) is 1. The number of carbonyl (C=O) groups is 1. The summed E-state index contributed by atoms with van der Waals surface area (Å²) >= 11 is 5.93. The van der Waals surface area contributed by atoms with Crippen molar-refractivity contribution in [3.63, 3.8) is 0 Å². The molecular weight excluding hydrogens is 260 g/mol. The van der Waals surface area contributed by atoms with Gasteiger partial charge in [-0.1, -0.05) is 24.9 Å². The summed E-state index contributed by atoms with van der Waals surface area (Å²) in [5.74, 6) is 1.52. The third kappa shape index (κ3) is 3.73. The van der Waals surface area contributed by atoms with E-state index in [0.29, 0.717) is 16.3 Å². The number of halogens is 1. The van der Waals surface area contributed by atoms with Crippen LogP contribution in [0.4, 0.5) is 0 Å². The lowest BCUT2D eigenvalue weighted by Gasteiger charge is -2.28. The van der Waals surface area contributed by atoms with E-state index in [9.17, 15) is 4.79 Å². The van der Waals surface area contributed by atoms with Gasteiger partial charge < -0.3 is 4.74 Å². The summed E-state index contributed by atoms with van der Waals surface area (Å²) in [7, 11) is 0. The van der Waals surface area contributed by atoms with Crippen LogP contribution in [-0.2, 0) is 0 Å². The number of Topliss-reactive ketones (excluding diaryl/α,β-unsaturated/α-hetero) is 1. The summed E-state index contributed by atoms with van der Waals surface area (Å²) < 4.78 is 6.02. The number of carbonyl (C=O) groups excluding carboxylic acids is 1. The molecular formula is C16H21ClO2. The Kier molecular flexibility index (Phi) is 4.87. The van der Waals surface area contributed by atoms with Crippen molar-refractivity contribution in [3.05, 3.63) is 28.8 Å². The van der Waals surface area contributed by atoms with Crippen LogP contribution in [0.3, 0.4) is 0 Å². The molecule has 0 heterocycles. The first-order valence-electron chi connectivity index (χ1n) is 7.07. The van der Waals surface area contributed by atoms with Gasteiger partial charge in [-0.15, -0.1) is 0 Å². The first kappa shape index (κ1) is 14.4. The molecule has 1 aliphatic rings. The van der Waals surface area contributed by atoms with E-state index in [4.69, 9.17) is 16.3 Å². The monoisotopic (exact) mass is 280 g/mol. The average molecular weight is 281 g/mol. The van der Waals surface area contributed by atoms with Crippen LogP contribution in [0, 0.1) is 5.92 Å². The number of benzene rings is 1. The summed E-state index contributed by atoms with van der Waals surface area (Å²) in [6.45, 7) is 3.80. The highest BCUT2D eigenvalue weighted by Crippen LogP contribution is 2.31.